The number of para-hydroxylation sites is 1. The van der Waals surface area contributed by atoms with Crippen molar-refractivity contribution < 1.29 is 14.4 Å². The summed E-state index contributed by atoms with van der Waals surface area (Å²) in [5.74, 6) is -1.76. The lowest BCUT2D eigenvalue weighted by molar-refractivity contribution is -0.142. The van der Waals surface area contributed by atoms with E-state index in [1.54, 1.807) is 30.3 Å². The quantitative estimate of drug-likeness (QED) is 0.868. The third-order valence-electron chi connectivity index (χ3n) is 4.02. The molecule has 1 N–H and O–H groups in total. The van der Waals surface area contributed by atoms with Crippen LogP contribution in [0.2, 0.25) is 0 Å². The number of carbonyl (C=O) groups excluding carboxylic acids is 3. The van der Waals surface area contributed by atoms with Crippen LogP contribution in [0.25, 0.3) is 0 Å². The first-order chi connectivity index (χ1) is 10.6. The third-order valence-corrected chi connectivity index (χ3v) is 4.33. The van der Waals surface area contributed by atoms with E-state index in [-0.39, 0.29) is 30.2 Å². The zero-order valence-corrected chi connectivity index (χ0v) is 12.5. The molecular formula is C16H15ClN2O3. The third kappa shape index (κ3) is 2.76. The molecule has 2 atom stereocenters. The number of nitrogens with zero attached hydrogens (tertiary/aromatic N) is 1. The molecule has 3 amide bonds. The van der Waals surface area contributed by atoms with Crippen molar-refractivity contribution in [3.05, 3.63) is 41.4 Å². The molecule has 1 heterocycles. The largest absolute Gasteiger partial charge is 0.325 e. The minimum absolute atomic E-state index is 0.253. The normalized spacial score (nSPS) is 24.0. The lowest BCUT2D eigenvalue weighted by atomic mass is 9.85. The number of amides is 3. The summed E-state index contributed by atoms with van der Waals surface area (Å²) in [6, 6.07) is 8.92. The van der Waals surface area contributed by atoms with Gasteiger partial charge >= 0.3 is 0 Å². The highest BCUT2D eigenvalue weighted by atomic mass is 35.5. The molecule has 2 unspecified atom stereocenters. The van der Waals surface area contributed by atoms with E-state index in [1.165, 1.54) is 0 Å². The van der Waals surface area contributed by atoms with Crippen LogP contribution in [0.5, 0.6) is 0 Å². The Kier molecular flexibility index (Phi) is 3.98. The van der Waals surface area contributed by atoms with E-state index in [0.717, 1.165) is 4.90 Å². The topological polar surface area (TPSA) is 66.5 Å². The Bertz CT molecular complexity index is 657. The smallest absolute Gasteiger partial charge is 0.244 e. The molecule has 22 heavy (non-hydrogen) atoms. The molecule has 0 saturated carbocycles. The molecule has 1 fully saturated rings. The van der Waals surface area contributed by atoms with Gasteiger partial charge in [0.1, 0.15) is 6.54 Å². The number of benzene rings is 1. The van der Waals surface area contributed by atoms with E-state index in [1.807, 2.05) is 6.07 Å². The Labute approximate surface area is 132 Å². The van der Waals surface area contributed by atoms with E-state index in [2.05, 4.69) is 5.32 Å². The zero-order valence-electron chi connectivity index (χ0n) is 11.8. The number of halogens is 1. The minimum Gasteiger partial charge on any atom is -0.325 e. The number of hydrogen-bond donors (Lipinski definition) is 1. The number of likely N-dealkylation sites (tertiary alicyclic amines) is 1. The fourth-order valence-electron chi connectivity index (χ4n) is 2.92. The van der Waals surface area contributed by atoms with Gasteiger partial charge in [-0.15, -0.1) is 0 Å². The first-order valence-corrected chi connectivity index (χ1v) is 7.48. The first-order valence-electron chi connectivity index (χ1n) is 7.11. The van der Waals surface area contributed by atoms with E-state index >= 15 is 0 Å². The monoisotopic (exact) mass is 318 g/mol. The molecule has 0 radical (unpaired) electrons. The molecule has 1 aromatic carbocycles. The van der Waals surface area contributed by atoms with Crippen LogP contribution in [-0.4, -0.2) is 29.2 Å². The molecule has 1 aliphatic carbocycles. The highest BCUT2D eigenvalue weighted by Gasteiger charge is 2.48. The van der Waals surface area contributed by atoms with Gasteiger partial charge in [0, 0.05) is 10.7 Å². The summed E-state index contributed by atoms with van der Waals surface area (Å²) in [4.78, 5) is 37.7. The average molecular weight is 319 g/mol. The van der Waals surface area contributed by atoms with E-state index < -0.39 is 5.92 Å². The number of nitrogens with one attached hydrogen (secondary N) is 1. The molecule has 5 nitrogen and oxygen atoms in total. The maximum atomic E-state index is 12.3. The van der Waals surface area contributed by atoms with Gasteiger partial charge in [-0.05, 0) is 25.0 Å². The van der Waals surface area contributed by atoms with Crippen LogP contribution in [0.15, 0.2) is 41.4 Å². The number of imide groups is 1. The molecule has 3 rings (SSSR count). The van der Waals surface area contributed by atoms with E-state index in [4.69, 9.17) is 11.6 Å². The van der Waals surface area contributed by atoms with Gasteiger partial charge < -0.3 is 5.32 Å². The molecular weight excluding hydrogens is 304 g/mol. The SMILES string of the molecule is O=C(CN1C(=O)C2CC=C(Cl)CC2C1=O)Nc1ccccc1. The van der Waals surface area contributed by atoms with E-state index in [9.17, 15) is 14.4 Å². The summed E-state index contributed by atoms with van der Waals surface area (Å²) in [7, 11) is 0. The van der Waals surface area contributed by atoms with Gasteiger partial charge in [-0.3, -0.25) is 19.3 Å². The fourth-order valence-corrected chi connectivity index (χ4v) is 3.17. The molecule has 2 aliphatic rings. The molecule has 1 aliphatic heterocycles. The molecule has 1 saturated heterocycles. The molecule has 6 heteroatoms. The van der Waals surface area contributed by atoms with Gasteiger partial charge in [0.2, 0.25) is 17.7 Å². The molecule has 0 spiro atoms. The lowest BCUT2D eigenvalue weighted by Gasteiger charge is -2.17. The Balaban J connectivity index is 1.67. The molecule has 114 valence electrons. The molecule has 1 aromatic rings. The van der Waals surface area contributed by atoms with Crippen molar-refractivity contribution in [2.24, 2.45) is 11.8 Å². The summed E-state index contributed by atoms with van der Waals surface area (Å²) >= 11 is 5.96. The van der Waals surface area contributed by atoms with Crippen LogP contribution < -0.4 is 5.32 Å². The highest BCUT2D eigenvalue weighted by molar-refractivity contribution is 6.30. The summed E-state index contributed by atoms with van der Waals surface area (Å²) in [6.45, 7) is -0.253. The predicted molar refractivity (Wildman–Crippen MR) is 81.9 cm³/mol. The Morgan fingerprint density at radius 3 is 2.59 bits per heavy atom. The minimum atomic E-state index is -0.422. The van der Waals surface area contributed by atoms with Gasteiger partial charge in [0.15, 0.2) is 0 Å². The number of rotatable bonds is 3. The van der Waals surface area contributed by atoms with Crippen LogP contribution in [0.3, 0.4) is 0 Å². The van der Waals surface area contributed by atoms with Crippen molar-refractivity contribution in [3.8, 4) is 0 Å². The zero-order chi connectivity index (χ0) is 15.7. The first kappa shape index (κ1) is 14.8. The van der Waals surface area contributed by atoms with Crippen molar-refractivity contribution in [1.29, 1.82) is 0 Å². The number of anilines is 1. The second-order valence-electron chi connectivity index (χ2n) is 5.48. The Morgan fingerprint density at radius 2 is 1.86 bits per heavy atom. The standard InChI is InChI=1S/C16H15ClN2O3/c17-10-6-7-12-13(8-10)16(22)19(15(12)21)9-14(20)18-11-4-2-1-3-5-11/h1-6,12-13H,7-9H2,(H,18,20). The summed E-state index contributed by atoms with van der Waals surface area (Å²) in [5.41, 5.74) is 0.633. The van der Waals surface area contributed by atoms with Crippen LogP contribution in [0.4, 0.5) is 5.69 Å². The summed E-state index contributed by atoms with van der Waals surface area (Å²) < 4.78 is 0. The van der Waals surface area contributed by atoms with E-state index in [0.29, 0.717) is 23.6 Å². The summed E-state index contributed by atoms with van der Waals surface area (Å²) in [6.07, 6.45) is 2.62. The molecule has 0 aromatic heterocycles. The Morgan fingerprint density at radius 1 is 1.18 bits per heavy atom. The number of hydrogen-bond acceptors (Lipinski definition) is 3. The van der Waals surface area contributed by atoms with Gasteiger partial charge in [-0.25, -0.2) is 0 Å². The number of fused-ring (bicyclic) bond motifs is 1. The van der Waals surface area contributed by atoms with Crippen LogP contribution in [0.1, 0.15) is 12.8 Å². The fraction of sp³-hybridized carbons (Fsp3) is 0.312. The molecule has 0 bridgehead atoms. The maximum Gasteiger partial charge on any atom is 0.244 e. The summed E-state index contributed by atoms with van der Waals surface area (Å²) in [5, 5.41) is 3.29. The second-order valence-corrected chi connectivity index (χ2v) is 5.97. The van der Waals surface area contributed by atoms with Gasteiger partial charge in [-0.1, -0.05) is 35.9 Å². The van der Waals surface area contributed by atoms with Crippen molar-refractivity contribution in [2.45, 2.75) is 12.8 Å². The van der Waals surface area contributed by atoms with Crippen LogP contribution in [-0.2, 0) is 14.4 Å². The number of allylic oxidation sites excluding steroid dienone is 2. The maximum absolute atomic E-state index is 12.3. The second kappa shape index (κ2) is 5.93. The van der Waals surface area contributed by atoms with Gasteiger partial charge in [0.05, 0.1) is 11.8 Å². The van der Waals surface area contributed by atoms with Gasteiger partial charge in [0.25, 0.3) is 0 Å². The van der Waals surface area contributed by atoms with Crippen LogP contribution >= 0.6 is 11.6 Å². The van der Waals surface area contributed by atoms with Crippen molar-refractivity contribution in [3.63, 3.8) is 0 Å². The average Bonchev–Trinajstić information content (AvgIpc) is 2.73. The van der Waals surface area contributed by atoms with Gasteiger partial charge in [-0.2, -0.15) is 0 Å². The highest BCUT2D eigenvalue weighted by Crippen LogP contribution is 2.38. The van der Waals surface area contributed by atoms with Crippen molar-refractivity contribution in [1.82, 2.24) is 4.90 Å². The van der Waals surface area contributed by atoms with Crippen molar-refractivity contribution >= 4 is 35.0 Å². The number of carbonyl (C=O) groups is 3. The predicted octanol–water partition coefficient (Wildman–Crippen LogP) is 2.14. The van der Waals surface area contributed by atoms with Crippen LogP contribution in [0, 0.1) is 11.8 Å². The Hall–Kier alpha value is -2.14. The van der Waals surface area contributed by atoms with Crippen molar-refractivity contribution in [2.75, 3.05) is 11.9 Å². The lowest BCUT2D eigenvalue weighted by Crippen LogP contribution is -2.38.